The molecule has 0 aromatic carbocycles. The van der Waals surface area contributed by atoms with Crippen LogP contribution in [0, 0.1) is 12.2 Å². The second kappa shape index (κ2) is 2.06. The Balaban J connectivity index is 2.00. The summed E-state index contributed by atoms with van der Waals surface area (Å²) >= 11 is 0. The molecule has 2 aliphatic carbocycles. The normalized spacial score (nSPS) is 37.8. The molecule has 0 amide bonds. The van der Waals surface area contributed by atoms with Crippen molar-refractivity contribution in [1.82, 2.24) is 9.97 Å². The van der Waals surface area contributed by atoms with Crippen molar-refractivity contribution in [1.29, 1.82) is 0 Å². The first-order valence-electron chi connectivity index (χ1n) is 4.61. The summed E-state index contributed by atoms with van der Waals surface area (Å²) in [4.78, 5) is 8.07. The van der Waals surface area contributed by atoms with Crippen molar-refractivity contribution in [2.24, 2.45) is 5.92 Å². The summed E-state index contributed by atoms with van der Waals surface area (Å²) in [5.74, 6) is 0.931. The van der Waals surface area contributed by atoms with E-state index in [0.29, 0.717) is 5.41 Å². The lowest BCUT2D eigenvalue weighted by Crippen LogP contribution is -2.07. The Hall–Kier alpha value is -0.920. The van der Waals surface area contributed by atoms with Crippen LogP contribution < -0.4 is 0 Å². The zero-order chi connectivity index (χ0) is 8.02. The second-order valence-corrected chi connectivity index (χ2v) is 3.99. The molecule has 2 heteroatoms. The molecule has 0 aliphatic heterocycles. The number of hydrogen-bond acceptors (Lipinski definition) is 2. The van der Waals surface area contributed by atoms with Crippen LogP contribution in [0.1, 0.15) is 31.4 Å². The van der Waals surface area contributed by atoms with Gasteiger partial charge in [0.1, 0.15) is 0 Å². The van der Waals surface area contributed by atoms with Gasteiger partial charge in [-0.15, -0.1) is 0 Å². The molecule has 1 heterocycles. The smallest absolute Gasteiger partial charge is 0.197 e. The standard InChI is InChI=1S/C10H11N2/c1-2-8-6-10(8,4-1)9-3-5-11-7-12-9/h3,5,8H,1-2,4,6H2. The first kappa shape index (κ1) is 6.58. The Bertz CT molecular complexity index is 296. The Kier molecular flexibility index (Phi) is 1.13. The van der Waals surface area contributed by atoms with Crippen LogP contribution >= 0.6 is 0 Å². The summed E-state index contributed by atoms with van der Waals surface area (Å²) < 4.78 is 0. The van der Waals surface area contributed by atoms with E-state index >= 15 is 0 Å². The fraction of sp³-hybridized carbons (Fsp3) is 0.600. The minimum Gasteiger partial charge on any atom is -0.234 e. The molecule has 0 saturated heterocycles. The van der Waals surface area contributed by atoms with Gasteiger partial charge >= 0.3 is 0 Å². The predicted molar refractivity (Wildman–Crippen MR) is 44.5 cm³/mol. The molecule has 2 fully saturated rings. The molecule has 3 rings (SSSR count). The Morgan fingerprint density at radius 2 is 2.58 bits per heavy atom. The molecule has 1 aromatic rings. The zero-order valence-electron chi connectivity index (χ0n) is 6.95. The van der Waals surface area contributed by atoms with Gasteiger partial charge < -0.3 is 0 Å². The van der Waals surface area contributed by atoms with Gasteiger partial charge in [0, 0.05) is 11.6 Å². The third kappa shape index (κ3) is 0.701. The fourth-order valence-electron chi connectivity index (χ4n) is 2.71. The van der Waals surface area contributed by atoms with Crippen molar-refractivity contribution < 1.29 is 0 Å². The van der Waals surface area contributed by atoms with Crippen LogP contribution in [-0.2, 0) is 5.41 Å². The molecule has 2 atom stereocenters. The summed E-state index contributed by atoms with van der Waals surface area (Å²) in [5, 5.41) is 0. The van der Waals surface area contributed by atoms with E-state index in [1.54, 1.807) is 0 Å². The molecule has 2 unspecified atom stereocenters. The molecular formula is C10H11N2. The summed E-state index contributed by atoms with van der Waals surface area (Å²) in [6.45, 7) is 0. The van der Waals surface area contributed by atoms with Gasteiger partial charge in [0.15, 0.2) is 6.33 Å². The highest BCUT2D eigenvalue weighted by Gasteiger charge is 2.58. The van der Waals surface area contributed by atoms with Crippen molar-refractivity contribution in [2.75, 3.05) is 0 Å². The highest BCUT2D eigenvalue weighted by molar-refractivity contribution is 5.28. The van der Waals surface area contributed by atoms with Gasteiger partial charge in [-0.1, -0.05) is 6.42 Å². The van der Waals surface area contributed by atoms with Crippen molar-refractivity contribution in [3.8, 4) is 0 Å². The lowest BCUT2D eigenvalue weighted by molar-refractivity contribution is 0.632. The van der Waals surface area contributed by atoms with Crippen LogP contribution in [0.25, 0.3) is 0 Å². The summed E-state index contributed by atoms with van der Waals surface area (Å²) in [6.07, 6.45) is 9.99. The molecule has 1 aromatic heterocycles. The number of rotatable bonds is 1. The summed E-state index contributed by atoms with van der Waals surface area (Å²) in [6, 6.07) is 2.06. The molecule has 0 N–H and O–H groups in total. The van der Waals surface area contributed by atoms with Crippen molar-refractivity contribution in [3.05, 3.63) is 24.3 Å². The van der Waals surface area contributed by atoms with E-state index in [4.69, 9.17) is 0 Å². The number of nitrogens with zero attached hydrogens (tertiary/aromatic N) is 2. The zero-order valence-corrected chi connectivity index (χ0v) is 6.95. The third-order valence-corrected chi connectivity index (χ3v) is 3.45. The molecule has 2 nitrogen and oxygen atoms in total. The average molecular weight is 159 g/mol. The lowest BCUT2D eigenvalue weighted by Gasteiger charge is -2.08. The molecule has 0 spiro atoms. The van der Waals surface area contributed by atoms with Crippen LogP contribution in [0.2, 0.25) is 0 Å². The number of fused-ring (bicyclic) bond motifs is 1. The van der Waals surface area contributed by atoms with Gasteiger partial charge in [-0.3, -0.25) is 0 Å². The van der Waals surface area contributed by atoms with Gasteiger partial charge in [-0.25, -0.2) is 9.97 Å². The molecule has 61 valence electrons. The first-order valence-corrected chi connectivity index (χ1v) is 4.61. The quantitative estimate of drug-likeness (QED) is 0.623. The highest BCUT2D eigenvalue weighted by Crippen LogP contribution is 2.63. The van der Waals surface area contributed by atoms with E-state index in [-0.39, 0.29) is 0 Å². The van der Waals surface area contributed by atoms with E-state index in [9.17, 15) is 0 Å². The van der Waals surface area contributed by atoms with E-state index in [1.807, 2.05) is 6.20 Å². The summed E-state index contributed by atoms with van der Waals surface area (Å²) in [5.41, 5.74) is 1.71. The van der Waals surface area contributed by atoms with Crippen LogP contribution in [0.15, 0.2) is 12.3 Å². The predicted octanol–water partition coefficient (Wildman–Crippen LogP) is 1.72. The topological polar surface area (TPSA) is 25.8 Å². The van der Waals surface area contributed by atoms with Gasteiger partial charge in [-0.05, 0) is 31.2 Å². The maximum absolute atomic E-state index is 4.24. The third-order valence-electron chi connectivity index (χ3n) is 3.45. The van der Waals surface area contributed by atoms with E-state index in [2.05, 4.69) is 22.4 Å². The van der Waals surface area contributed by atoms with Gasteiger partial charge in [-0.2, -0.15) is 0 Å². The summed E-state index contributed by atoms with van der Waals surface area (Å²) in [7, 11) is 0. The van der Waals surface area contributed by atoms with Gasteiger partial charge in [0.05, 0.1) is 5.69 Å². The molecule has 2 aliphatic rings. The lowest BCUT2D eigenvalue weighted by atomic mass is 9.99. The Morgan fingerprint density at radius 1 is 1.58 bits per heavy atom. The Labute approximate surface area is 72.0 Å². The maximum atomic E-state index is 4.24. The van der Waals surface area contributed by atoms with E-state index in [0.717, 1.165) is 5.92 Å². The fourth-order valence-corrected chi connectivity index (χ4v) is 2.71. The first-order chi connectivity index (χ1) is 5.92. The minimum atomic E-state index is 0.472. The van der Waals surface area contributed by atoms with Crippen LogP contribution in [0.5, 0.6) is 0 Å². The monoisotopic (exact) mass is 159 g/mol. The van der Waals surface area contributed by atoms with Gasteiger partial charge in [0.2, 0.25) is 0 Å². The largest absolute Gasteiger partial charge is 0.234 e. The maximum Gasteiger partial charge on any atom is 0.197 e. The van der Waals surface area contributed by atoms with Crippen molar-refractivity contribution >= 4 is 0 Å². The molecule has 2 saturated carbocycles. The SMILES string of the molecule is [c]1nccc(C23CCCC2C3)n1. The van der Waals surface area contributed by atoms with Crippen molar-refractivity contribution in [3.63, 3.8) is 0 Å². The molecular weight excluding hydrogens is 148 g/mol. The van der Waals surface area contributed by atoms with Crippen molar-refractivity contribution in [2.45, 2.75) is 31.1 Å². The van der Waals surface area contributed by atoms with E-state index < -0.39 is 0 Å². The van der Waals surface area contributed by atoms with Gasteiger partial charge in [0.25, 0.3) is 0 Å². The molecule has 1 radical (unpaired) electrons. The van der Waals surface area contributed by atoms with E-state index in [1.165, 1.54) is 31.4 Å². The van der Waals surface area contributed by atoms with Crippen LogP contribution in [0.3, 0.4) is 0 Å². The Morgan fingerprint density at radius 3 is 3.17 bits per heavy atom. The molecule has 0 bridgehead atoms. The minimum absolute atomic E-state index is 0.472. The average Bonchev–Trinajstić information content (AvgIpc) is 2.72. The van der Waals surface area contributed by atoms with Crippen LogP contribution in [0.4, 0.5) is 0 Å². The number of hydrogen-bond donors (Lipinski definition) is 0. The van der Waals surface area contributed by atoms with Crippen LogP contribution in [-0.4, -0.2) is 9.97 Å². The number of aromatic nitrogens is 2. The molecule has 12 heavy (non-hydrogen) atoms. The second-order valence-electron chi connectivity index (χ2n) is 3.99. The highest BCUT2D eigenvalue weighted by atomic mass is 14.9.